The lowest BCUT2D eigenvalue weighted by molar-refractivity contribution is 0.0902. The van der Waals surface area contributed by atoms with Crippen LogP contribution in [0.25, 0.3) is 0 Å². The highest BCUT2D eigenvalue weighted by Crippen LogP contribution is 2.20. The predicted octanol–water partition coefficient (Wildman–Crippen LogP) is 1.83. The standard InChI is InChI=1S/C19H22N6O2/c1-12-9-13(2)25(24-12)11-15-3-4-17(27-15)19(26)21-18-10-16(22-23-18)14-5-7-20-8-6-14/h3-9,16,18,22-23H,10-11H2,1-2H3,(H,21,26). The number of aryl methyl sites for hydroxylation is 2. The summed E-state index contributed by atoms with van der Waals surface area (Å²) in [5, 5.41) is 7.36. The molecule has 2 unspecified atom stereocenters. The third-order valence-corrected chi connectivity index (χ3v) is 4.61. The zero-order valence-corrected chi connectivity index (χ0v) is 15.3. The number of carbonyl (C=O) groups is 1. The fourth-order valence-electron chi connectivity index (χ4n) is 3.26. The van der Waals surface area contributed by atoms with E-state index in [0.29, 0.717) is 18.1 Å². The van der Waals surface area contributed by atoms with Crippen LogP contribution in [-0.2, 0) is 6.54 Å². The summed E-state index contributed by atoms with van der Waals surface area (Å²) >= 11 is 0. The van der Waals surface area contributed by atoms with Gasteiger partial charge in [0.1, 0.15) is 5.76 Å². The summed E-state index contributed by atoms with van der Waals surface area (Å²) in [7, 11) is 0. The van der Waals surface area contributed by atoms with Gasteiger partial charge in [0.25, 0.3) is 5.91 Å². The molecule has 1 fully saturated rings. The first-order valence-corrected chi connectivity index (χ1v) is 8.90. The molecule has 1 aliphatic heterocycles. The van der Waals surface area contributed by atoms with E-state index >= 15 is 0 Å². The van der Waals surface area contributed by atoms with E-state index in [-0.39, 0.29) is 18.1 Å². The number of carbonyl (C=O) groups excluding carboxylic acids is 1. The van der Waals surface area contributed by atoms with E-state index in [1.807, 2.05) is 42.8 Å². The highest BCUT2D eigenvalue weighted by atomic mass is 16.4. The number of aromatic nitrogens is 3. The molecule has 8 nitrogen and oxygen atoms in total. The summed E-state index contributed by atoms with van der Waals surface area (Å²) in [5.41, 5.74) is 9.43. The van der Waals surface area contributed by atoms with Crippen LogP contribution in [-0.4, -0.2) is 26.8 Å². The van der Waals surface area contributed by atoms with Crippen molar-refractivity contribution in [3.63, 3.8) is 0 Å². The molecule has 0 spiro atoms. The number of pyridine rings is 1. The number of hydrazine groups is 1. The third-order valence-electron chi connectivity index (χ3n) is 4.61. The Bertz CT molecular complexity index is 933. The van der Waals surface area contributed by atoms with Gasteiger partial charge in [-0.3, -0.25) is 14.5 Å². The minimum atomic E-state index is -0.246. The summed E-state index contributed by atoms with van der Waals surface area (Å²) in [4.78, 5) is 16.5. The van der Waals surface area contributed by atoms with Crippen molar-refractivity contribution in [1.82, 2.24) is 30.9 Å². The minimum absolute atomic E-state index is 0.122. The third kappa shape index (κ3) is 3.91. The summed E-state index contributed by atoms with van der Waals surface area (Å²) < 4.78 is 7.56. The number of nitrogens with one attached hydrogen (secondary N) is 3. The summed E-state index contributed by atoms with van der Waals surface area (Å²) in [5.74, 6) is 0.739. The molecule has 0 aliphatic carbocycles. The zero-order valence-electron chi connectivity index (χ0n) is 15.3. The van der Waals surface area contributed by atoms with Crippen LogP contribution in [0.3, 0.4) is 0 Å². The second kappa shape index (κ2) is 7.34. The zero-order chi connectivity index (χ0) is 18.8. The van der Waals surface area contributed by atoms with Crippen molar-refractivity contribution in [3.8, 4) is 0 Å². The maximum Gasteiger partial charge on any atom is 0.288 e. The predicted molar refractivity (Wildman–Crippen MR) is 98.6 cm³/mol. The van der Waals surface area contributed by atoms with Crippen molar-refractivity contribution < 1.29 is 9.21 Å². The van der Waals surface area contributed by atoms with E-state index < -0.39 is 0 Å². The van der Waals surface area contributed by atoms with E-state index in [1.54, 1.807) is 18.5 Å². The van der Waals surface area contributed by atoms with Crippen molar-refractivity contribution in [2.24, 2.45) is 0 Å². The smallest absolute Gasteiger partial charge is 0.288 e. The van der Waals surface area contributed by atoms with Gasteiger partial charge in [-0.2, -0.15) is 5.10 Å². The van der Waals surface area contributed by atoms with Crippen LogP contribution in [0.4, 0.5) is 0 Å². The molecule has 4 heterocycles. The number of amides is 1. The van der Waals surface area contributed by atoms with Crippen LogP contribution in [0.1, 0.15) is 45.7 Å². The van der Waals surface area contributed by atoms with Gasteiger partial charge in [0.2, 0.25) is 0 Å². The summed E-state index contributed by atoms with van der Waals surface area (Å²) in [6, 6.07) is 9.55. The SMILES string of the molecule is Cc1cc(C)n(Cc2ccc(C(=O)NC3CC(c4ccncc4)NN3)o2)n1. The van der Waals surface area contributed by atoms with Gasteiger partial charge in [-0.05, 0) is 49.7 Å². The number of hydrogen-bond acceptors (Lipinski definition) is 6. The topological polar surface area (TPSA) is 97.0 Å². The van der Waals surface area contributed by atoms with Crippen molar-refractivity contribution in [1.29, 1.82) is 0 Å². The number of hydrogen-bond donors (Lipinski definition) is 3. The molecule has 3 aromatic heterocycles. The molecule has 0 saturated carbocycles. The molecule has 3 N–H and O–H groups in total. The van der Waals surface area contributed by atoms with Crippen LogP contribution < -0.4 is 16.2 Å². The molecule has 1 saturated heterocycles. The van der Waals surface area contributed by atoms with Crippen LogP contribution >= 0.6 is 0 Å². The van der Waals surface area contributed by atoms with Crippen LogP contribution in [0.15, 0.2) is 47.1 Å². The van der Waals surface area contributed by atoms with Crippen molar-refractivity contribution in [2.75, 3.05) is 0 Å². The van der Waals surface area contributed by atoms with E-state index in [2.05, 4.69) is 26.3 Å². The highest BCUT2D eigenvalue weighted by molar-refractivity contribution is 5.91. The van der Waals surface area contributed by atoms with Gasteiger partial charge < -0.3 is 9.73 Å². The van der Waals surface area contributed by atoms with E-state index in [0.717, 1.165) is 23.4 Å². The van der Waals surface area contributed by atoms with Gasteiger partial charge in [-0.25, -0.2) is 10.9 Å². The van der Waals surface area contributed by atoms with Crippen molar-refractivity contribution in [3.05, 3.63) is 71.2 Å². The van der Waals surface area contributed by atoms with Gasteiger partial charge in [0.05, 0.1) is 18.4 Å². The normalized spacial score (nSPS) is 19.3. The average molecular weight is 366 g/mol. The molecule has 3 aromatic rings. The Morgan fingerprint density at radius 2 is 2.07 bits per heavy atom. The Kier molecular flexibility index (Phi) is 4.74. The average Bonchev–Trinajstić information content (AvgIpc) is 3.37. The molecule has 0 aromatic carbocycles. The maximum absolute atomic E-state index is 12.5. The molecule has 1 amide bonds. The highest BCUT2D eigenvalue weighted by Gasteiger charge is 2.27. The van der Waals surface area contributed by atoms with Gasteiger partial charge >= 0.3 is 0 Å². The van der Waals surface area contributed by atoms with Crippen LogP contribution in [0.2, 0.25) is 0 Å². The number of furan rings is 1. The lowest BCUT2D eigenvalue weighted by atomic mass is 10.1. The minimum Gasteiger partial charge on any atom is -0.454 e. The molecule has 8 heteroatoms. The monoisotopic (exact) mass is 366 g/mol. The molecule has 4 rings (SSSR count). The molecule has 1 aliphatic rings. The lowest BCUT2D eigenvalue weighted by Gasteiger charge is -2.11. The molecule has 0 bridgehead atoms. The number of rotatable bonds is 5. The summed E-state index contributed by atoms with van der Waals surface area (Å²) in [6.45, 7) is 4.45. The van der Waals surface area contributed by atoms with Gasteiger partial charge in [-0.1, -0.05) is 0 Å². The van der Waals surface area contributed by atoms with E-state index in [1.165, 1.54) is 0 Å². The molecule has 2 atom stereocenters. The second-order valence-corrected chi connectivity index (χ2v) is 6.73. The molecular weight excluding hydrogens is 344 g/mol. The first-order valence-electron chi connectivity index (χ1n) is 8.90. The largest absolute Gasteiger partial charge is 0.454 e. The fourth-order valence-corrected chi connectivity index (χ4v) is 3.26. The Labute approximate surface area is 156 Å². The molecule has 27 heavy (non-hydrogen) atoms. The lowest BCUT2D eigenvalue weighted by Crippen LogP contribution is -2.44. The number of nitrogens with zero attached hydrogens (tertiary/aromatic N) is 3. The van der Waals surface area contributed by atoms with Crippen molar-refractivity contribution >= 4 is 5.91 Å². The Morgan fingerprint density at radius 1 is 1.26 bits per heavy atom. The van der Waals surface area contributed by atoms with E-state index in [9.17, 15) is 4.79 Å². The first-order chi connectivity index (χ1) is 13.1. The maximum atomic E-state index is 12.5. The Balaban J connectivity index is 1.35. The second-order valence-electron chi connectivity index (χ2n) is 6.73. The molecule has 0 radical (unpaired) electrons. The Hall–Kier alpha value is -2.97. The van der Waals surface area contributed by atoms with Crippen LogP contribution in [0, 0.1) is 13.8 Å². The van der Waals surface area contributed by atoms with Crippen LogP contribution in [0.5, 0.6) is 0 Å². The molecular formula is C19H22N6O2. The quantitative estimate of drug-likeness (QED) is 0.637. The first kappa shape index (κ1) is 17.4. The fraction of sp³-hybridized carbons (Fsp3) is 0.316. The van der Waals surface area contributed by atoms with Gasteiger partial charge in [-0.15, -0.1) is 0 Å². The summed E-state index contributed by atoms with van der Waals surface area (Å²) in [6.07, 6.45) is 4.07. The molecule has 140 valence electrons. The van der Waals surface area contributed by atoms with Gasteiger partial charge in [0, 0.05) is 30.6 Å². The Morgan fingerprint density at radius 3 is 2.81 bits per heavy atom. The van der Waals surface area contributed by atoms with Crippen molar-refractivity contribution in [2.45, 2.75) is 39.0 Å². The van der Waals surface area contributed by atoms with E-state index in [4.69, 9.17) is 4.42 Å². The van der Waals surface area contributed by atoms with Gasteiger partial charge in [0.15, 0.2) is 5.76 Å².